The van der Waals surface area contributed by atoms with Crippen LogP contribution in [-0.4, -0.2) is 42.4 Å². The third kappa shape index (κ3) is 3.04. The largest absolute Gasteiger partial charge is 0.488 e. The smallest absolute Gasteiger partial charge is 0.123 e. The Kier molecular flexibility index (Phi) is 3.96. The molecule has 1 aromatic carbocycles. The van der Waals surface area contributed by atoms with Crippen LogP contribution in [-0.2, 0) is 6.42 Å². The van der Waals surface area contributed by atoms with E-state index < -0.39 is 0 Å². The van der Waals surface area contributed by atoms with Gasteiger partial charge in [0.25, 0.3) is 0 Å². The van der Waals surface area contributed by atoms with Crippen molar-refractivity contribution in [1.82, 2.24) is 4.90 Å². The molecule has 19 heavy (non-hydrogen) atoms. The molecule has 2 aliphatic heterocycles. The number of hydrogen-bond donors (Lipinski definition) is 1. The van der Waals surface area contributed by atoms with Gasteiger partial charge in [-0.2, -0.15) is 0 Å². The lowest BCUT2D eigenvalue weighted by atomic mass is 9.97. The number of aliphatic hydroxyl groups is 1. The van der Waals surface area contributed by atoms with Crippen molar-refractivity contribution in [3.63, 3.8) is 0 Å². The van der Waals surface area contributed by atoms with E-state index in [2.05, 4.69) is 4.90 Å². The van der Waals surface area contributed by atoms with Gasteiger partial charge >= 0.3 is 0 Å². The molecule has 0 aromatic heterocycles. The van der Waals surface area contributed by atoms with Gasteiger partial charge in [-0.1, -0.05) is 11.6 Å². The first-order chi connectivity index (χ1) is 9.24. The number of rotatable bonds is 3. The second-order valence-corrected chi connectivity index (χ2v) is 6.06. The number of hydrogen-bond acceptors (Lipinski definition) is 3. The fourth-order valence-electron chi connectivity index (χ4n) is 3.03. The van der Waals surface area contributed by atoms with Crippen molar-refractivity contribution < 1.29 is 9.84 Å². The van der Waals surface area contributed by atoms with Crippen LogP contribution >= 0.6 is 11.6 Å². The highest BCUT2D eigenvalue weighted by molar-refractivity contribution is 6.30. The van der Waals surface area contributed by atoms with Crippen LogP contribution in [0, 0.1) is 5.92 Å². The normalized spacial score (nSPS) is 24.2. The second-order valence-electron chi connectivity index (χ2n) is 5.62. The topological polar surface area (TPSA) is 32.7 Å². The summed E-state index contributed by atoms with van der Waals surface area (Å²) in [5.41, 5.74) is 1.22. The summed E-state index contributed by atoms with van der Waals surface area (Å²) in [6.07, 6.45) is 3.40. The molecule has 2 aliphatic rings. The molecule has 1 N–H and O–H groups in total. The van der Waals surface area contributed by atoms with Crippen LogP contribution in [0.4, 0.5) is 0 Å². The van der Waals surface area contributed by atoms with E-state index in [-0.39, 0.29) is 6.10 Å². The maximum absolute atomic E-state index is 9.15. The van der Waals surface area contributed by atoms with Crippen LogP contribution in [0.1, 0.15) is 18.4 Å². The molecule has 3 nitrogen and oxygen atoms in total. The maximum atomic E-state index is 9.15. The molecule has 0 aliphatic carbocycles. The Hall–Kier alpha value is -0.770. The third-order valence-electron chi connectivity index (χ3n) is 4.19. The van der Waals surface area contributed by atoms with Gasteiger partial charge in [-0.3, -0.25) is 4.90 Å². The molecule has 0 bridgehead atoms. The third-order valence-corrected chi connectivity index (χ3v) is 4.43. The Bertz CT molecular complexity index is 444. The molecule has 3 rings (SSSR count). The lowest BCUT2D eigenvalue weighted by Crippen LogP contribution is -2.40. The second kappa shape index (κ2) is 5.70. The van der Waals surface area contributed by atoms with E-state index in [0.29, 0.717) is 12.5 Å². The van der Waals surface area contributed by atoms with Crippen molar-refractivity contribution in [2.24, 2.45) is 5.92 Å². The van der Waals surface area contributed by atoms with E-state index in [0.717, 1.165) is 49.7 Å². The van der Waals surface area contributed by atoms with Gasteiger partial charge in [-0.25, -0.2) is 0 Å². The molecule has 2 heterocycles. The number of fused-ring (bicyclic) bond motifs is 1. The number of aliphatic hydroxyl groups excluding tert-OH is 1. The molecule has 4 heteroatoms. The summed E-state index contributed by atoms with van der Waals surface area (Å²) in [4.78, 5) is 2.45. The summed E-state index contributed by atoms with van der Waals surface area (Å²) in [5, 5.41) is 9.93. The molecule has 1 atom stereocenters. The van der Waals surface area contributed by atoms with Gasteiger partial charge in [0.2, 0.25) is 0 Å². The zero-order valence-electron chi connectivity index (χ0n) is 11.0. The van der Waals surface area contributed by atoms with E-state index in [1.54, 1.807) is 0 Å². The number of piperidine rings is 1. The first-order valence-electron chi connectivity index (χ1n) is 7.03. The molecule has 1 aromatic rings. The van der Waals surface area contributed by atoms with Gasteiger partial charge in [0.1, 0.15) is 11.9 Å². The zero-order valence-corrected chi connectivity index (χ0v) is 11.8. The number of ether oxygens (including phenoxy) is 1. The minimum absolute atomic E-state index is 0.249. The highest BCUT2D eigenvalue weighted by atomic mass is 35.5. The van der Waals surface area contributed by atoms with Crippen LogP contribution in [0.25, 0.3) is 0 Å². The number of halogens is 1. The first-order valence-corrected chi connectivity index (χ1v) is 7.40. The SMILES string of the molecule is OCC1CCN(CC2Cc3cc(Cl)ccc3O2)CC1. The summed E-state index contributed by atoms with van der Waals surface area (Å²) in [7, 11) is 0. The molecule has 0 amide bonds. The lowest BCUT2D eigenvalue weighted by molar-refractivity contribution is 0.0959. The van der Waals surface area contributed by atoms with Crippen molar-refractivity contribution in [2.45, 2.75) is 25.4 Å². The van der Waals surface area contributed by atoms with E-state index in [4.69, 9.17) is 21.4 Å². The Morgan fingerprint density at radius 1 is 1.32 bits per heavy atom. The molecular formula is C15H20ClNO2. The van der Waals surface area contributed by atoms with E-state index >= 15 is 0 Å². The van der Waals surface area contributed by atoms with Crippen LogP contribution in [0.15, 0.2) is 18.2 Å². The van der Waals surface area contributed by atoms with Gasteiger partial charge in [0.05, 0.1) is 0 Å². The Labute approximate surface area is 119 Å². The Balaban J connectivity index is 1.53. The van der Waals surface area contributed by atoms with Gasteiger partial charge in [-0.05, 0) is 55.6 Å². The Morgan fingerprint density at radius 3 is 2.84 bits per heavy atom. The summed E-state index contributed by atoms with van der Waals surface area (Å²) in [5.74, 6) is 1.48. The number of likely N-dealkylation sites (tertiary alicyclic amines) is 1. The van der Waals surface area contributed by atoms with Crippen LogP contribution in [0.3, 0.4) is 0 Å². The number of benzene rings is 1. The highest BCUT2D eigenvalue weighted by Gasteiger charge is 2.27. The van der Waals surface area contributed by atoms with Crippen molar-refractivity contribution in [2.75, 3.05) is 26.2 Å². The molecule has 0 spiro atoms. The molecule has 1 unspecified atom stereocenters. The van der Waals surface area contributed by atoms with E-state index in [9.17, 15) is 0 Å². The quantitative estimate of drug-likeness (QED) is 0.923. The molecular weight excluding hydrogens is 262 g/mol. The minimum Gasteiger partial charge on any atom is -0.488 e. The van der Waals surface area contributed by atoms with Crippen molar-refractivity contribution in [1.29, 1.82) is 0 Å². The van der Waals surface area contributed by atoms with Crippen molar-refractivity contribution in [3.05, 3.63) is 28.8 Å². The lowest BCUT2D eigenvalue weighted by Gasteiger charge is -2.32. The molecule has 1 saturated heterocycles. The summed E-state index contributed by atoms with van der Waals surface area (Å²) < 4.78 is 5.97. The zero-order chi connectivity index (χ0) is 13.2. The highest BCUT2D eigenvalue weighted by Crippen LogP contribution is 2.31. The van der Waals surface area contributed by atoms with E-state index in [1.165, 1.54) is 5.56 Å². The van der Waals surface area contributed by atoms with Crippen LogP contribution in [0.5, 0.6) is 5.75 Å². The van der Waals surface area contributed by atoms with Gasteiger partial charge in [-0.15, -0.1) is 0 Å². The molecule has 0 saturated carbocycles. The summed E-state index contributed by atoms with van der Waals surface area (Å²) >= 11 is 6.01. The predicted octanol–water partition coefficient (Wildman–Crippen LogP) is 2.35. The van der Waals surface area contributed by atoms with Gasteiger partial charge < -0.3 is 9.84 Å². The summed E-state index contributed by atoms with van der Waals surface area (Å²) in [6.45, 7) is 3.45. The van der Waals surface area contributed by atoms with Gasteiger partial charge in [0, 0.05) is 24.6 Å². The molecule has 1 fully saturated rings. The van der Waals surface area contributed by atoms with Crippen LogP contribution in [0.2, 0.25) is 5.02 Å². The Morgan fingerprint density at radius 2 is 2.11 bits per heavy atom. The average molecular weight is 282 g/mol. The van der Waals surface area contributed by atoms with Crippen LogP contribution < -0.4 is 4.74 Å². The predicted molar refractivity (Wildman–Crippen MR) is 75.8 cm³/mol. The average Bonchev–Trinajstić information content (AvgIpc) is 2.81. The fraction of sp³-hybridized carbons (Fsp3) is 0.600. The van der Waals surface area contributed by atoms with Gasteiger partial charge in [0.15, 0.2) is 0 Å². The minimum atomic E-state index is 0.249. The monoisotopic (exact) mass is 281 g/mol. The fourth-order valence-corrected chi connectivity index (χ4v) is 3.23. The van der Waals surface area contributed by atoms with Crippen molar-refractivity contribution in [3.8, 4) is 5.75 Å². The summed E-state index contributed by atoms with van der Waals surface area (Å²) in [6, 6.07) is 5.86. The first kappa shape index (κ1) is 13.2. The standard InChI is InChI=1S/C15H20ClNO2/c16-13-1-2-15-12(7-13)8-14(19-15)9-17-5-3-11(10-18)4-6-17/h1-2,7,11,14,18H,3-6,8-10H2. The maximum Gasteiger partial charge on any atom is 0.123 e. The molecule has 104 valence electrons. The van der Waals surface area contributed by atoms with Crippen molar-refractivity contribution >= 4 is 11.6 Å². The molecule has 0 radical (unpaired) electrons. The van der Waals surface area contributed by atoms with E-state index in [1.807, 2.05) is 18.2 Å². The number of nitrogens with zero attached hydrogens (tertiary/aromatic N) is 1.